The molecule has 1 aliphatic rings. The second-order valence-corrected chi connectivity index (χ2v) is 2.38. The molecule has 0 amide bonds. The van der Waals surface area contributed by atoms with Crippen LogP contribution in [0.4, 0.5) is 0 Å². The number of hydrogen-bond acceptors (Lipinski definition) is 3. The van der Waals surface area contributed by atoms with Crippen LogP contribution >= 0.6 is 0 Å². The summed E-state index contributed by atoms with van der Waals surface area (Å²) < 4.78 is 8.95. The molecule has 0 bridgehead atoms. The smallest absolute Gasteiger partial charge is 0.307 e. The van der Waals surface area contributed by atoms with Gasteiger partial charge < -0.3 is 9.47 Å². The Morgan fingerprint density at radius 3 is 2.09 bits per heavy atom. The van der Waals surface area contributed by atoms with Crippen LogP contribution in [0.2, 0.25) is 0 Å². The molecule has 1 saturated carbocycles. The maximum absolute atomic E-state index is 10.3. The van der Waals surface area contributed by atoms with Gasteiger partial charge in [-0.1, -0.05) is 19.3 Å². The minimum absolute atomic E-state index is 0.230. The van der Waals surface area contributed by atoms with Crippen molar-refractivity contribution in [1.29, 1.82) is 0 Å². The first kappa shape index (κ1) is 10.4. The molecule has 3 nitrogen and oxygen atoms in total. The Morgan fingerprint density at radius 2 is 1.82 bits per heavy atom. The molecule has 3 heteroatoms. The molecule has 0 aromatic rings. The highest BCUT2D eigenvalue weighted by atomic mass is 16.5. The zero-order valence-electron chi connectivity index (χ0n) is 7.26. The number of methoxy groups -OCH3 is 2. The molecule has 0 heterocycles. The lowest BCUT2D eigenvalue weighted by Crippen LogP contribution is -2.03. The molecule has 1 aliphatic carbocycles. The predicted octanol–water partition coefficient (Wildman–Crippen LogP) is 1.37. The van der Waals surface area contributed by atoms with Crippen molar-refractivity contribution in [2.45, 2.75) is 25.7 Å². The van der Waals surface area contributed by atoms with E-state index in [-0.39, 0.29) is 5.97 Å². The van der Waals surface area contributed by atoms with Gasteiger partial charge in [-0.3, -0.25) is 4.79 Å². The topological polar surface area (TPSA) is 35.5 Å². The third kappa shape index (κ3) is 12.6. The molecule has 0 saturated heterocycles. The van der Waals surface area contributed by atoms with E-state index < -0.39 is 0 Å². The summed E-state index contributed by atoms with van der Waals surface area (Å²) in [6.07, 6.45) is 4.84. The van der Waals surface area contributed by atoms with Crippen LogP contribution in [-0.4, -0.2) is 26.8 Å². The van der Waals surface area contributed by atoms with E-state index in [1.807, 2.05) is 0 Å². The molecule has 1 fully saturated rings. The quantitative estimate of drug-likeness (QED) is 0.585. The lowest BCUT2D eigenvalue weighted by atomic mass is 10.5. The van der Waals surface area contributed by atoms with Crippen molar-refractivity contribution in [2.24, 2.45) is 0 Å². The van der Waals surface area contributed by atoms with Gasteiger partial charge in [0.2, 0.25) is 0 Å². The van der Waals surface area contributed by atoms with Crippen LogP contribution in [0.5, 0.6) is 0 Å². The molecule has 0 spiro atoms. The van der Waals surface area contributed by atoms with Crippen LogP contribution in [0.1, 0.15) is 25.7 Å². The number of carbonyl (C=O) groups excluding carboxylic acids is 1. The van der Waals surface area contributed by atoms with Gasteiger partial charge >= 0.3 is 5.97 Å². The average molecular weight is 160 g/mol. The van der Waals surface area contributed by atoms with Gasteiger partial charge in [-0.2, -0.15) is 0 Å². The summed E-state index contributed by atoms with van der Waals surface area (Å²) in [6.45, 7) is 0.437. The lowest BCUT2D eigenvalue weighted by Gasteiger charge is -1.94. The molecule has 0 radical (unpaired) electrons. The van der Waals surface area contributed by atoms with Gasteiger partial charge in [0, 0.05) is 7.11 Å². The lowest BCUT2D eigenvalue weighted by molar-refractivity contribution is -0.141. The van der Waals surface area contributed by atoms with Crippen molar-refractivity contribution in [3.63, 3.8) is 0 Å². The number of rotatable bonds is 3. The zero-order chi connectivity index (χ0) is 8.53. The van der Waals surface area contributed by atoms with E-state index in [0.717, 1.165) is 0 Å². The molecule has 1 rings (SSSR count). The predicted molar refractivity (Wildman–Crippen MR) is 42.4 cm³/mol. The summed E-state index contributed by atoms with van der Waals surface area (Å²) in [5, 5.41) is 0. The van der Waals surface area contributed by atoms with Crippen LogP contribution in [-0.2, 0) is 14.3 Å². The Bertz CT molecular complexity index is 96.8. The fourth-order valence-electron chi connectivity index (χ4n) is 0.287. The highest BCUT2D eigenvalue weighted by molar-refractivity contribution is 5.69. The second-order valence-electron chi connectivity index (χ2n) is 2.38. The number of hydrogen-bond donors (Lipinski definition) is 0. The Kier molecular flexibility index (Phi) is 7.15. The zero-order valence-corrected chi connectivity index (χ0v) is 7.26. The van der Waals surface area contributed by atoms with Gasteiger partial charge in [-0.15, -0.1) is 0 Å². The van der Waals surface area contributed by atoms with Crippen molar-refractivity contribution in [2.75, 3.05) is 20.8 Å². The fourth-order valence-corrected chi connectivity index (χ4v) is 0.287. The van der Waals surface area contributed by atoms with Crippen molar-refractivity contribution in [1.82, 2.24) is 0 Å². The maximum Gasteiger partial charge on any atom is 0.307 e. The third-order valence-corrected chi connectivity index (χ3v) is 1.09. The SMILES string of the molecule is C1CC1.COCCC(=O)OC. The Balaban J connectivity index is 0.000000271. The van der Waals surface area contributed by atoms with Crippen molar-refractivity contribution >= 4 is 5.97 Å². The highest BCUT2D eigenvalue weighted by Crippen LogP contribution is 2.14. The summed E-state index contributed by atoms with van der Waals surface area (Å²) in [5.74, 6) is -0.230. The third-order valence-electron chi connectivity index (χ3n) is 1.09. The number of esters is 1. The average Bonchev–Trinajstić information content (AvgIpc) is 2.85. The molecule has 66 valence electrons. The van der Waals surface area contributed by atoms with Crippen molar-refractivity contribution < 1.29 is 14.3 Å². The molecule has 0 aliphatic heterocycles. The van der Waals surface area contributed by atoms with Gasteiger partial charge in [0.15, 0.2) is 0 Å². The first-order valence-electron chi connectivity index (χ1n) is 3.87. The standard InChI is InChI=1S/C5H10O3.C3H6/c1-7-4-3-5(6)8-2;1-2-3-1/h3-4H2,1-2H3;1-3H2. The van der Waals surface area contributed by atoms with Crippen molar-refractivity contribution in [3.05, 3.63) is 0 Å². The summed E-state index contributed by atoms with van der Waals surface area (Å²) >= 11 is 0. The number of carbonyl (C=O) groups is 1. The Hall–Kier alpha value is -0.570. The van der Waals surface area contributed by atoms with E-state index in [2.05, 4.69) is 9.47 Å². The van der Waals surface area contributed by atoms with E-state index in [0.29, 0.717) is 13.0 Å². The van der Waals surface area contributed by atoms with Crippen molar-refractivity contribution in [3.8, 4) is 0 Å². The molecular weight excluding hydrogens is 144 g/mol. The summed E-state index contributed by atoms with van der Waals surface area (Å²) in [6, 6.07) is 0. The van der Waals surface area contributed by atoms with Crippen LogP contribution in [0.15, 0.2) is 0 Å². The second kappa shape index (κ2) is 7.54. The van der Waals surface area contributed by atoms with Gasteiger partial charge in [-0.25, -0.2) is 0 Å². The Labute approximate surface area is 67.7 Å². The molecule has 0 unspecified atom stereocenters. The van der Waals surface area contributed by atoms with E-state index >= 15 is 0 Å². The molecule has 0 atom stereocenters. The minimum atomic E-state index is -0.230. The highest BCUT2D eigenvalue weighted by Gasteiger charge is 1.95. The molecular formula is C8H16O3. The fraction of sp³-hybridized carbons (Fsp3) is 0.875. The summed E-state index contributed by atoms with van der Waals surface area (Å²) in [4.78, 5) is 10.3. The van der Waals surface area contributed by atoms with Gasteiger partial charge in [0.25, 0.3) is 0 Å². The molecule has 11 heavy (non-hydrogen) atoms. The minimum Gasteiger partial charge on any atom is -0.469 e. The van der Waals surface area contributed by atoms with Crippen LogP contribution in [0, 0.1) is 0 Å². The summed E-state index contributed by atoms with van der Waals surface area (Å²) in [7, 11) is 2.90. The van der Waals surface area contributed by atoms with E-state index in [9.17, 15) is 4.79 Å². The largest absolute Gasteiger partial charge is 0.469 e. The van der Waals surface area contributed by atoms with Gasteiger partial charge in [0.1, 0.15) is 0 Å². The van der Waals surface area contributed by atoms with Crippen LogP contribution < -0.4 is 0 Å². The molecule has 0 aromatic carbocycles. The number of ether oxygens (including phenoxy) is 2. The van der Waals surface area contributed by atoms with Gasteiger partial charge in [-0.05, 0) is 0 Å². The molecule has 0 aromatic heterocycles. The first-order valence-corrected chi connectivity index (χ1v) is 3.87. The monoisotopic (exact) mass is 160 g/mol. The van der Waals surface area contributed by atoms with Gasteiger partial charge in [0.05, 0.1) is 20.1 Å². The summed E-state index contributed by atoms with van der Waals surface area (Å²) in [5.41, 5.74) is 0. The van der Waals surface area contributed by atoms with E-state index in [1.54, 1.807) is 7.11 Å². The first-order chi connectivity index (χ1) is 5.31. The van der Waals surface area contributed by atoms with Crippen LogP contribution in [0.25, 0.3) is 0 Å². The van der Waals surface area contributed by atoms with E-state index in [1.165, 1.54) is 26.4 Å². The van der Waals surface area contributed by atoms with Crippen LogP contribution in [0.3, 0.4) is 0 Å². The maximum atomic E-state index is 10.3. The molecule has 0 N–H and O–H groups in total. The Morgan fingerprint density at radius 1 is 1.27 bits per heavy atom. The normalized spacial score (nSPS) is 12.9. The van der Waals surface area contributed by atoms with E-state index in [4.69, 9.17) is 0 Å².